The van der Waals surface area contributed by atoms with E-state index in [1.807, 2.05) is 30.3 Å². The number of hydrazone groups is 1. The van der Waals surface area contributed by atoms with Crippen molar-refractivity contribution in [3.63, 3.8) is 0 Å². The second-order valence-corrected chi connectivity index (χ2v) is 6.63. The summed E-state index contributed by atoms with van der Waals surface area (Å²) < 4.78 is 0. The number of hydrogen-bond acceptors (Lipinski definition) is 3. The van der Waals surface area contributed by atoms with Crippen LogP contribution in [0, 0.1) is 0 Å². The zero-order valence-electron chi connectivity index (χ0n) is 14.6. The van der Waals surface area contributed by atoms with Crippen LogP contribution in [0.5, 0.6) is 0 Å². The van der Waals surface area contributed by atoms with Crippen LogP contribution in [0.2, 0.25) is 0 Å². The van der Waals surface area contributed by atoms with Gasteiger partial charge in [0, 0.05) is 55.3 Å². The van der Waals surface area contributed by atoms with Gasteiger partial charge in [-0.25, -0.2) is 5.43 Å². The molecule has 1 aliphatic rings. The molecule has 5 heteroatoms. The monoisotopic (exact) mass is 346 g/mol. The van der Waals surface area contributed by atoms with Gasteiger partial charge in [-0.05, 0) is 11.6 Å². The number of aromatic amines is 1. The van der Waals surface area contributed by atoms with E-state index in [4.69, 9.17) is 0 Å². The van der Waals surface area contributed by atoms with Crippen molar-refractivity contribution in [2.75, 3.05) is 13.1 Å². The highest BCUT2D eigenvalue weighted by Crippen LogP contribution is 2.17. The van der Waals surface area contributed by atoms with Gasteiger partial charge in [-0.1, -0.05) is 48.5 Å². The summed E-state index contributed by atoms with van der Waals surface area (Å²) in [5, 5.41) is 5.28. The van der Waals surface area contributed by atoms with E-state index < -0.39 is 0 Å². The van der Waals surface area contributed by atoms with Crippen LogP contribution in [0.1, 0.15) is 28.8 Å². The smallest absolute Gasteiger partial charge is 0.273 e. The minimum Gasteiger partial charge on any atom is -0.360 e. The number of rotatable bonds is 4. The molecule has 2 heterocycles. The standard InChI is InChI=1S/C21H22N4O/c26-21(19-14-22-20-9-5-4-8-18(19)20)24-23-17-10-12-25(13-11-17)15-16-6-2-1-3-7-16/h1-9,14,22H,10-13,15H2,(H,24,26). The first kappa shape index (κ1) is 16.5. The molecule has 1 saturated heterocycles. The molecule has 5 nitrogen and oxygen atoms in total. The maximum atomic E-state index is 12.4. The molecule has 0 saturated carbocycles. The van der Waals surface area contributed by atoms with Crippen molar-refractivity contribution in [1.82, 2.24) is 15.3 Å². The van der Waals surface area contributed by atoms with E-state index in [0.29, 0.717) is 5.56 Å². The second-order valence-electron chi connectivity index (χ2n) is 6.63. The van der Waals surface area contributed by atoms with Crippen molar-refractivity contribution in [2.45, 2.75) is 19.4 Å². The number of H-pyrrole nitrogens is 1. The van der Waals surface area contributed by atoms with Crippen LogP contribution in [-0.4, -0.2) is 34.6 Å². The number of nitrogens with zero attached hydrogens (tertiary/aromatic N) is 2. The highest BCUT2D eigenvalue weighted by Gasteiger charge is 2.16. The van der Waals surface area contributed by atoms with Gasteiger partial charge in [0.1, 0.15) is 0 Å². The number of para-hydroxylation sites is 1. The molecule has 132 valence electrons. The highest BCUT2D eigenvalue weighted by molar-refractivity contribution is 6.07. The zero-order chi connectivity index (χ0) is 17.8. The number of carbonyl (C=O) groups is 1. The third-order valence-corrected chi connectivity index (χ3v) is 4.83. The molecule has 1 aliphatic heterocycles. The Morgan fingerprint density at radius 1 is 1.04 bits per heavy atom. The molecule has 0 aliphatic carbocycles. The summed E-state index contributed by atoms with van der Waals surface area (Å²) in [7, 11) is 0. The molecule has 0 unspecified atom stereocenters. The van der Waals surface area contributed by atoms with Gasteiger partial charge in [0.2, 0.25) is 0 Å². The van der Waals surface area contributed by atoms with Gasteiger partial charge in [-0.3, -0.25) is 9.69 Å². The predicted octanol–water partition coefficient (Wildman–Crippen LogP) is 3.55. The summed E-state index contributed by atoms with van der Waals surface area (Å²) >= 11 is 0. The first-order valence-corrected chi connectivity index (χ1v) is 8.98. The number of amides is 1. The molecule has 4 rings (SSSR count). The molecule has 2 N–H and O–H groups in total. The molecule has 2 aromatic carbocycles. The number of carbonyl (C=O) groups excluding carboxylic acids is 1. The molecule has 0 spiro atoms. The Kier molecular flexibility index (Phi) is 4.80. The van der Waals surface area contributed by atoms with Gasteiger partial charge in [0.15, 0.2) is 0 Å². The number of nitrogens with one attached hydrogen (secondary N) is 2. The van der Waals surface area contributed by atoms with Gasteiger partial charge in [0.05, 0.1) is 5.56 Å². The van der Waals surface area contributed by atoms with Crippen LogP contribution in [0.4, 0.5) is 0 Å². The number of aromatic nitrogens is 1. The fourth-order valence-corrected chi connectivity index (χ4v) is 3.37. The van der Waals surface area contributed by atoms with Gasteiger partial charge < -0.3 is 4.98 Å². The summed E-state index contributed by atoms with van der Waals surface area (Å²) in [5.74, 6) is -0.165. The van der Waals surface area contributed by atoms with Crippen LogP contribution in [0.15, 0.2) is 65.9 Å². The van der Waals surface area contributed by atoms with Gasteiger partial charge in [0.25, 0.3) is 5.91 Å². The fraction of sp³-hybridized carbons (Fsp3) is 0.238. The quantitative estimate of drug-likeness (QED) is 0.710. The number of benzene rings is 2. The molecular weight excluding hydrogens is 324 g/mol. The Hall–Kier alpha value is -2.92. The first-order valence-electron chi connectivity index (χ1n) is 8.98. The van der Waals surface area contributed by atoms with Crippen molar-refractivity contribution in [2.24, 2.45) is 5.10 Å². The van der Waals surface area contributed by atoms with Crippen molar-refractivity contribution in [3.05, 3.63) is 71.9 Å². The molecule has 1 fully saturated rings. The van der Waals surface area contributed by atoms with E-state index >= 15 is 0 Å². The van der Waals surface area contributed by atoms with E-state index in [9.17, 15) is 4.79 Å². The Bertz CT molecular complexity index is 919. The van der Waals surface area contributed by atoms with Crippen molar-refractivity contribution in [1.29, 1.82) is 0 Å². The molecular formula is C21H22N4O. The normalized spacial score (nSPS) is 15.2. The van der Waals surface area contributed by atoms with E-state index in [0.717, 1.165) is 49.1 Å². The zero-order valence-corrected chi connectivity index (χ0v) is 14.6. The van der Waals surface area contributed by atoms with Crippen LogP contribution < -0.4 is 5.43 Å². The SMILES string of the molecule is O=C(NN=C1CCN(Cc2ccccc2)CC1)c1c[nH]c2ccccc12. The average molecular weight is 346 g/mol. The Balaban J connectivity index is 1.33. The number of likely N-dealkylation sites (tertiary alicyclic amines) is 1. The van der Waals surface area contributed by atoms with Crippen molar-refractivity contribution < 1.29 is 4.79 Å². The topological polar surface area (TPSA) is 60.5 Å². The van der Waals surface area contributed by atoms with E-state index in [2.05, 4.69) is 44.7 Å². The lowest BCUT2D eigenvalue weighted by atomic mass is 10.1. The summed E-state index contributed by atoms with van der Waals surface area (Å²) in [6.45, 7) is 2.91. The molecule has 0 atom stereocenters. The number of hydrogen-bond donors (Lipinski definition) is 2. The molecule has 0 bridgehead atoms. The van der Waals surface area contributed by atoms with Gasteiger partial charge >= 0.3 is 0 Å². The Morgan fingerprint density at radius 3 is 2.58 bits per heavy atom. The lowest BCUT2D eigenvalue weighted by Crippen LogP contribution is -2.34. The van der Waals surface area contributed by atoms with E-state index in [1.165, 1.54) is 5.56 Å². The minimum absolute atomic E-state index is 0.165. The van der Waals surface area contributed by atoms with Gasteiger partial charge in [-0.2, -0.15) is 5.10 Å². The molecule has 26 heavy (non-hydrogen) atoms. The second kappa shape index (κ2) is 7.54. The summed E-state index contributed by atoms with van der Waals surface area (Å²) in [6, 6.07) is 18.3. The van der Waals surface area contributed by atoms with Crippen molar-refractivity contribution in [3.8, 4) is 0 Å². The Labute approximate surface area is 152 Å². The molecule has 1 aromatic heterocycles. The lowest BCUT2D eigenvalue weighted by molar-refractivity contribution is 0.0956. The minimum atomic E-state index is -0.165. The largest absolute Gasteiger partial charge is 0.360 e. The fourth-order valence-electron chi connectivity index (χ4n) is 3.37. The maximum Gasteiger partial charge on any atom is 0.273 e. The third-order valence-electron chi connectivity index (χ3n) is 4.83. The maximum absolute atomic E-state index is 12.4. The van der Waals surface area contributed by atoms with Crippen LogP contribution >= 0.6 is 0 Å². The Morgan fingerprint density at radius 2 is 1.77 bits per heavy atom. The third kappa shape index (κ3) is 3.68. The van der Waals surface area contributed by atoms with Gasteiger partial charge in [-0.15, -0.1) is 0 Å². The van der Waals surface area contributed by atoms with Crippen molar-refractivity contribution >= 4 is 22.5 Å². The first-order chi connectivity index (χ1) is 12.8. The predicted molar refractivity (Wildman–Crippen MR) is 104 cm³/mol. The summed E-state index contributed by atoms with van der Waals surface area (Å²) in [6.07, 6.45) is 3.52. The molecule has 3 aromatic rings. The number of piperidine rings is 1. The van der Waals surface area contributed by atoms with E-state index in [-0.39, 0.29) is 5.91 Å². The van der Waals surface area contributed by atoms with Crippen LogP contribution in [0.25, 0.3) is 10.9 Å². The molecule has 0 radical (unpaired) electrons. The summed E-state index contributed by atoms with van der Waals surface area (Å²) in [5.41, 5.74) is 6.70. The summed E-state index contributed by atoms with van der Waals surface area (Å²) in [4.78, 5) is 18.0. The molecule has 1 amide bonds. The number of fused-ring (bicyclic) bond motifs is 1. The average Bonchev–Trinajstić information content (AvgIpc) is 3.12. The van der Waals surface area contributed by atoms with Crippen LogP contribution in [-0.2, 0) is 6.54 Å². The van der Waals surface area contributed by atoms with Crippen LogP contribution in [0.3, 0.4) is 0 Å². The lowest BCUT2D eigenvalue weighted by Gasteiger charge is -2.27. The highest BCUT2D eigenvalue weighted by atomic mass is 16.2. The van der Waals surface area contributed by atoms with E-state index in [1.54, 1.807) is 6.20 Å².